The van der Waals surface area contributed by atoms with E-state index in [9.17, 15) is 4.79 Å². The molecule has 0 fully saturated rings. The molecule has 1 aromatic heterocycles. The highest BCUT2D eigenvalue weighted by atomic mass is 35.5. The van der Waals surface area contributed by atoms with Gasteiger partial charge in [0.2, 0.25) is 0 Å². The number of nitrogens with zero attached hydrogens (tertiary/aromatic N) is 1. The number of benzene rings is 1. The number of rotatable bonds is 3. The van der Waals surface area contributed by atoms with E-state index in [1.165, 1.54) is 6.20 Å². The van der Waals surface area contributed by atoms with E-state index in [4.69, 9.17) is 16.3 Å². The Morgan fingerprint density at radius 1 is 1.39 bits per heavy atom. The van der Waals surface area contributed by atoms with Gasteiger partial charge >= 0.3 is 5.97 Å². The van der Waals surface area contributed by atoms with Crippen molar-refractivity contribution in [1.29, 1.82) is 0 Å². The van der Waals surface area contributed by atoms with Gasteiger partial charge in [-0.25, -0.2) is 9.78 Å². The molecule has 0 bridgehead atoms. The molecular weight excluding hydrogens is 250 g/mol. The minimum Gasteiger partial charge on any atom is -0.459 e. The molecule has 2 rings (SSSR count). The Labute approximate surface area is 111 Å². The first-order chi connectivity index (χ1) is 8.63. The maximum absolute atomic E-state index is 12.0. The van der Waals surface area contributed by atoms with Crippen molar-refractivity contribution < 1.29 is 9.53 Å². The molecule has 1 heterocycles. The molecular formula is C14H14ClNO2. The second kappa shape index (κ2) is 5.36. The lowest BCUT2D eigenvalue weighted by Gasteiger charge is -2.12. The number of ether oxygens (including phenoxy) is 1. The van der Waals surface area contributed by atoms with Crippen molar-refractivity contribution in [2.24, 2.45) is 0 Å². The van der Waals surface area contributed by atoms with Gasteiger partial charge in [0, 0.05) is 17.0 Å². The number of hydrogen-bond acceptors (Lipinski definition) is 3. The van der Waals surface area contributed by atoms with Crippen LogP contribution in [0.3, 0.4) is 0 Å². The standard InChI is InChI=1S/C14H14ClNO2/c1-3-9(2)18-14(17)12-8-16-13(15)11-7-5-4-6-10(11)12/h4-9H,3H2,1-2H3. The molecule has 18 heavy (non-hydrogen) atoms. The fourth-order valence-corrected chi connectivity index (χ4v) is 1.86. The number of carbonyl (C=O) groups is 1. The van der Waals surface area contributed by atoms with Crippen LogP contribution >= 0.6 is 11.6 Å². The summed E-state index contributed by atoms with van der Waals surface area (Å²) in [5.74, 6) is -0.357. The molecule has 0 aliphatic carbocycles. The molecule has 1 unspecified atom stereocenters. The van der Waals surface area contributed by atoms with E-state index in [1.54, 1.807) is 0 Å². The number of hydrogen-bond donors (Lipinski definition) is 0. The van der Waals surface area contributed by atoms with E-state index < -0.39 is 0 Å². The maximum Gasteiger partial charge on any atom is 0.340 e. The van der Waals surface area contributed by atoms with Crippen molar-refractivity contribution >= 4 is 28.3 Å². The average molecular weight is 264 g/mol. The molecule has 0 aliphatic rings. The first kappa shape index (κ1) is 12.8. The van der Waals surface area contributed by atoms with Crippen molar-refractivity contribution in [2.75, 3.05) is 0 Å². The zero-order valence-corrected chi connectivity index (χ0v) is 11.1. The number of carbonyl (C=O) groups excluding carboxylic acids is 1. The zero-order chi connectivity index (χ0) is 13.1. The molecule has 0 spiro atoms. The van der Waals surface area contributed by atoms with E-state index in [1.807, 2.05) is 38.1 Å². The normalized spacial score (nSPS) is 12.4. The molecule has 3 nitrogen and oxygen atoms in total. The number of pyridine rings is 1. The van der Waals surface area contributed by atoms with Crippen molar-refractivity contribution in [2.45, 2.75) is 26.4 Å². The molecule has 1 aromatic carbocycles. The van der Waals surface area contributed by atoms with Gasteiger partial charge in [0.15, 0.2) is 0 Å². The van der Waals surface area contributed by atoms with Crippen molar-refractivity contribution in [3.8, 4) is 0 Å². The van der Waals surface area contributed by atoms with Crippen LogP contribution in [0.25, 0.3) is 10.8 Å². The Kier molecular flexibility index (Phi) is 3.82. The summed E-state index contributed by atoms with van der Waals surface area (Å²) in [6.45, 7) is 3.83. The zero-order valence-electron chi connectivity index (χ0n) is 10.3. The van der Waals surface area contributed by atoms with Gasteiger partial charge in [0.05, 0.1) is 11.7 Å². The molecule has 0 N–H and O–H groups in total. The summed E-state index contributed by atoms with van der Waals surface area (Å²) in [6, 6.07) is 7.40. The van der Waals surface area contributed by atoms with E-state index in [-0.39, 0.29) is 12.1 Å². The van der Waals surface area contributed by atoms with Gasteiger partial charge < -0.3 is 4.74 Å². The smallest absolute Gasteiger partial charge is 0.340 e. The second-order valence-electron chi connectivity index (χ2n) is 4.13. The van der Waals surface area contributed by atoms with Gasteiger partial charge in [-0.1, -0.05) is 42.8 Å². The minimum absolute atomic E-state index is 0.105. The van der Waals surface area contributed by atoms with Crippen LogP contribution in [-0.4, -0.2) is 17.1 Å². The van der Waals surface area contributed by atoms with Gasteiger partial charge in [-0.15, -0.1) is 0 Å². The van der Waals surface area contributed by atoms with Crippen molar-refractivity contribution in [1.82, 2.24) is 4.98 Å². The van der Waals surface area contributed by atoms with Crippen LogP contribution in [0.5, 0.6) is 0 Å². The lowest BCUT2D eigenvalue weighted by atomic mass is 10.1. The monoisotopic (exact) mass is 263 g/mol. The number of fused-ring (bicyclic) bond motifs is 1. The molecule has 1 atom stereocenters. The summed E-state index contributed by atoms with van der Waals surface area (Å²) in [7, 11) is 0. The summed E-state index contributed by atoms with van der Waals surface area (Å²) in [4.78, 5) is 16.1. The van der Waals surface area contributed by atoms with Gasteiger partial charge in [-0.3, -0.25) is 0 Å². The first-order valence-corrected chi connectivity index (χ1v) is 6.25. The predicted octanol–water partition coefficient (Wildman–Crippen LogP) is 3.84. The highest BCUT2D eigenvalue weighted by molar-refractivity contribution is 6.34. The molecule has 4 heteroatoms. The van der Waals surface area contributed by atoms with E-state index in [0.29, 0.717) is 10.7 Å². The lowest BCUT2D eigenvalue weighted by Crippen LogP contribution is -2.14. The minimum atomic E-state index is -0.357. The SMILES string of the molecule is CCC(C)OC(=O)c1cnc(Cl)c2ccccc12. The largest absolute Gasteiger partial charge is 0.459 e. The highest BCUT2D eigenvalue weighted by Crippen LogP contribution is 2.24. The Balaban J connectivity index is 2.45. The average Bonchev–Trinajstić information content (AvgIpc) is 2.39. The van der Waals surface area contributed by atoms with Crippen molar-refractivity contribution in [3.05, 3.63) is 41.2 Å². The van der Waals surface area contributed by atoms with Crippen LogP contribution in [-0.2, 0) is 4.74 Å². The third-order valence-electron chi connectivity index (χ3n) is 2.85. The molecule has 0 amide bonds. The van der Waals surface area contributed by atoms with Gasteiger partial charge in [-0.2, -0.15) is 0 Å². The fraction of sp³-hybridized carbons (Fsp3) is 0.286. The van der Waals surface area contributed by atoms with E-state index >= 15 is 0 Å². The van der Waals surface area contributed by atoms with Crippen molar-refractivity contribution in [3.63, 3.8) is 0 Å². The van der Waals surface area contributed by atoms with E-state index in [2.05, 4.69) is 4.98 Å². The number of halogens is 1. The van der Waals surface area contributed by atoms with Crippen LogP contribution in [0.2, 0.25) is 5.15 Å². The summed E-state index contributed by atoms with van der Waals surface area (Å²) in [5, 5.41) is 1.93. The van der Waals surface area contributed by atoms with Crippen LogP contribution < -0.4 is 0 Å². The van der Waals surface area contributed by atoms with Gasteiger partial charge in [0.25, 0.3) is 0 Å². The Bertz CT molecular complexity index is 583. The van der Waals surface area contributed by atoms with Gasteiger partial charge in [-0.05, 0) is 13.3 Å². The van der Waals surface area contributed by atoms with Crippen LogP contribution in [0, 0.1) is 0 Å². The van der Waals surface area contributed by atoms with Crippen LogP contribution in [0.15, 0.2) is 30.5 Å². The molecule has 0 saturated heterocycles. The third-order valence-corrected chi connectivity index (χ3v) is 3.15. The molecule has 0 saturated carbocycles. The second-order valence-corrected chi connectivity index (χ2v) is 4.49. The topological polar surface area (TPSA) is 39.2 Å². The quantitative estimate of drug-likeness (QED) is 0.624. The van der Waals surface area contributed by atoms with Gasteiger partial charge in [0.1, 0.15) is 5.15 Å². The van der Waals surface area contributed by atoms with Crippen LogP contribution in [0.4, 0.5) is 0 Å². The highest BCUT2D eigenvalue weighted by Gasteiger charge is 2.15. The molecule has 2 aromatic rings. The Morgan fingerprint density at radius 2 is 2.06 bits per heavy atom. The summed E-state index contributed by atoms with van der Waals surface area (Å²) in [5.41, 5.74) is 0.454. The summed E-state index contributed by atoms with van der Waals surface area (Å²) < 4.78 is 5.31. The lowest BCUT2D eigenvalue weighted by molar-refractivity contribution is 0.0336. The molecule has 94 valence electrons. The van der Waals surface area contributed by atoms with E-state index in [0.717, 1.165) is 17.2 Å². The summed E-state index contributed by atoms with van der Waals surface area (Å²) in [6.07, 6.45) is 2.15. The molecule has 0 aliphatic heterocycles. The Morgan fingerprint density at radius 3 is 2.72 bits per heavy atom. The first-order valence-electron chi connectivity index (χ1n) is 5.87. The summed E-state index contributed by atoms with van der Waals surface area (Å²) >= 11 is 6.00. The fourth-order valence-electron chi connectivity index (χ4n) is 1.65. The van der Waals surface area contributed by atoms with Crippen LogP contribution in [0.1, 0.15) is 30.6 Å². The number of esters is 1. The Hall–Kier alpha value is -1.61. The number of aromatic nitrogens is 1. The third kappa shape index (κ3) is 2.46. The molecule has 0 radical (unpaired) electrons. The predicted molar refractivity (Wildman–Crippen MR) is 71.9 cm³/mol. The maximum atomic E-state index is 12.0.